The number of rotatable bonds is 4. The first-order valence-corrected chi connectivity index (χ1v) is 7.75. The van der Waals surface area contributed by atoms with Gasteiger partial charge in [0.1, 0.15) is 5.82 Å². The van der Waals surface area contributed by atoms with Gasteiger partial charge in [-0.1, -0.05) is 41.4 Å². The number of hydrogen-bond donors (Lipinski definition) is 2. The number of nitrogens with one attached hydrogen (secondary N) is 2. The number of halogens is 2. The van der Waals surface area contributed by atoms with Crippen molar-refractivity contribution in [3.63, 3.8) is 0 Å². The highest BCUT2D eigenvalue weighted by molar-refractivity contribution is 6.36. The van der Waals surface area contributed by atoms with Crippen LogP contribution in [0.4, 0.5) is 23.1 Å². The summed E-state index contributed by atoms with van der Waals surface area (Å²) in [6.45, 7) is 1.91. The minimum atomic E-state index is 0.465. The highest BCUT2D eigenvalue weighted by Crippen LogP contribution is 2.27. The predicted molar refractivity (Wildman–Crippen MR) is 96.2 cm³/mol. The number of anilines is 4. The molecule has 1 aromatic heterocycles. The third-order valence-electron chi connectivity index (χ3n) is 3.08. The summed E-state index contributed by atoms with van der Waals surface area (Å²) in [6, 6.07) is 16.9. The normalized spacial score (nSPS) is 10.4. The number of para-hydroxylation sites is 1. The van der Waals surface area contributed by atoms with E-state index < -0.39 is 0 Å². The van der Waals surface area contributed by atoms with Crippen LogP contribution in [0, 0.1) is 6.92 Å². The molecule has 0 aliphatic heterocycles. The molecule has 116 valence electrons. The van der Waals surface area contributed by atoms with Crippen molar-refractivity contribution in [2.24, 2.45) is 0 Å². The molecule has 6 heteroatoms. The van der Waals surface area contributed by atoms with Gasteiger partial charge in [0, 0.05) is 22.5 Å². The minimum absolute atomic E-state index is 0.465. The van der Waals surface area contributed by atoms with Crippen LogP contribution in [0.15, 0.2) is 54.6 Å². The molecule has 0 aliphatic carbocycles. The van der Waals surface area contributed by atoms with Crippen LogP contribution in [0.25, 0.3) is 0 Å². The molecule has 0 saturated carbocycles. The van der Waals surface area contributed by atoms with Gasteiger partial charge >= 0.3 is 0 Å². The lowest BCUT2D eigenvalue weighted by Gasteiger charge is -2.11. The third-order valence-corrected chi connectivity index (χ3v) is 3.63. The van der Waals surface area contributed by atoms with Gasteiger partial charge in [-0.05, 0) is 37.3 Å². The van der Waals surface area contributed by atoms with E-state index in [4.69, 9.17) is 23.2 Å². The van der Waals surface area contributed by atoms with E-state index in [2.05, 4.69) is 20.6 Å². The van der Waals surface area contributed by atoms with Gasteiger partial charge in [-0.25, -0.2) is 4.98 Å². The zero-order chi connectivity index (χ0) is 16.2. The number of aromatic nitrogens is 2. The van der Waals surface area contributed by atoms with Crippen LogP contribution in [0.1, 0.15) is 5.69 Å². The first-order chi connectivity index (χ1) is 11.1. The van der Waals surface area contributed by atoms with Crippen molar-refractivity contribution >= 4 is 46.3 Å². The molecule has 0 fully saturated rings. The van der Waals surface area contributed by atoms with Crippen molar-refractivity contribution in [1.82, 2.24) is 9.97 Å². The summed E-state index contributed by atoms with van der Waals surface area (Å²) in [7, 11) is 0. The summed E-state index contributed by atoms with van der Waals surface area (Å²) >= 11 is 12.1. The zero-order valence-corrected chi connectivity index (χ0v) is 13.9. The molecule has 2 aromatic carbocycles. The second kappa shape index (κ2) is 6.86. The quantitative estimate of drug-likeness (QED) is 0.648. The van der Waals surface area contributed by atoms with Gasteiger partial charge in [0.25, 0.3) is 0 Å². The lowest BCUT2D eigenvalue weighted by atomic mass is 10.3. The fraction of sp³-hybridized carbons (Fsp3) is 0.0588. The Kier molecular flexibility index (Phi) is 4.65. The molecule has 2 N–H and O–H groups in total. The van der Waals surface area contributed by atoms with Crippen molar-refractivity contribution in [3.8, 4) is 0 Å². The van der Waals surface area contributed by atoms with Crippen LogP contribution in [0.2, 0.25) is 10.0 Å². The van der Waals surface area contributed by atoms with E-state index in [9.17, 15) is 0 Å². The molecule has 0 atom stereocenters. The van der Waals surface area contributed by atoms with Gasteiger partial charge in [0.05, 0.1) is 10.7 Å². The van der Waals surface area contributed by atoms with Crippen LogP contribution < -0.4 is 10.6 Å². The molecule has 23 heavy (non-hydrogen) atoms. The Balaban J connectivity index is 1.85. The van der Waals surface area contributed by atoms with Crippen molar-refractivity contribution in [3.05, 3.63) is 70.3 Å². The van der Waals surface area contributed by atoms with Gasteiger partial charge in [-0.3, -0.25) is 0 Å². The van der Waals surface area contributed by atoms with Crippen molar-refractivity contribution in [2.45, 2.75) is 6.92 Å². The topological polar surface area (TPSA) is 49.8 Å². The number of nitrogens with zero attached hydrogens (tertiary/aromatic N) is 2. The Labute approximate surface area is 144 Å². The summed E-state index contributed by atoms with van der Waals surface area (Å²) < 4.78 is 0. The molecule has 0 amide bonds. The number of hydrogen-bond acceptors (Lipinski definition) is 4. The van der Waals surface area contributed by atoms with E-state index in [1.807, 2.05) is 43.3 Å². The second-order valence-corrected chi connectivity index (χ2v) is 5.80. The molecule has 0 spiro atoms. The Morgan fingerprint density at radius 2 is 1.65 bits per heavy atom. The van der Waals surface area contributed by atoms with E-state index in [1.54, 1.807) is 18.2 Å². The second-order valence-electron chi connectivity index (χ2n) is 4.96. The Morgan fingerprint density at radius 1 is 0.870 bits per heavy atom. The third kappa shape index (κ3) is 4.12. The minimum Gasteiger partial charge on any atom is -0.340 e. The van der Waals surface area contributed by atoms with Crippen LogP contribution in [0.3, 0.4) is 0 Å². The van der Waals surface area contributed by atoms with E-state index in [-0.39, 0.29) is 0 Å². The molecule has 0 aliphatic rings. The van der Waals surface area contributed by atoms with E-state index in [0.717, 1.165) is 11.4 Å². The van der Waals surface area contributed by atoms with Gasteiger partial charge in [-0.2, -0.15) is 4.98 Å². The smallest absolute Gasteiger partial charge is 0.229 e. The maximum absolute atomic E-state index is 6.17. The van der Waals surface area contributed by atoms with Crippen molar-refractivity contribution in [2.75, 3.05) is 10.6 Å². The molecular formula is C17H14Cl2N4. The van der Waals surface area contributed by atoms with Crippen molar-refractivity contribution < 1.29 is 0 Å². The van der Waals surface area contributed by atoms with E-state index in [0.29, 0.717) is 27.5 Å². The van der Waals surface area contributed by atoms with Gasteiger partial charge in [0.15, 0.2) is 0 Å². The van der Waals surface area contributed by atoms with Crippen LogP contribution in [-0.2, 0) is 0 Å². The molecule has 0 bridgehead atoms. The Morgan fingerprint density at radius 3 is 2.39 bits per heavy atom. The van der Waals surface area contributed by atoms with Crippen molar-refractivity contribution in [1.29, 1.82) is 0 Å². The molecule has 4 nitrogen and oxygen atoms in total. The van der Waals surface area contributed by atoms with Crippen LogP contribution in [0.5, 0.6) is 0 Å². The van der Waals surface area contributed by atoms with Gasteiger partial charge < -0.3 is 10.6 Å². The summed E-state index contributed by atoms with van der Waals surface area (Å²) in [5, 5.41) is 7.46. The standard InChI is InChI=1S/C17H14Cl2N4/c1-11-9-16(21-13-5-3-2-4-6-13)23-17(20-11)22-15-8-7-12(18)10-14(15)19/h2-10H,1H3,(H2,20,21,22,23). The summed E-state index contributed by atoms with van der Waals surface area (Å²) in [4.78, 5) is 8.84. The molecule has 0 unspecified atom stereocenters. The summed E-state index contributed by atoms with van der Waals surface area (Å²) in [5.74, 6) is 1.17. The fourth-order valence-electron chi connectivity index (χ4n) is 2.07. The SMILES string of the molecule is Cc1cc(Nc2ccccc2)nc(Nc2ccc(Cl)cc2Cl)n1. The molecule has 0 saturated heterocycles. The molecule has 1 heterocycles. The number of aryl methyl sites for hydroxylation is 1. The predicted octanol–water partition coefficient (Wildman–Crippen LogP) is 5.58. The first kappa shape index (κ1) is 15.6. The first-order valence-electron chi connectivity index (χ1n) is 7.00. The molecular weight excluding hydrogens is 331 g/mol. The van der Waals surface area contributed by atoms with E-state index >= 15 is 0 Å². The van der Waals surface area contributed by atoms with Crippen LogP contribution >= 0.6 is 23.2 Å². The van der Waals surface area contributed by atoms with Crippen LogP contribution in [-0.4, -0.2) is 9.97 Å². The lowest BCUT2D eigenvalue weighted by Crippen LogP contribution is -2.02. The average molecular weight is 345 g/mol. The maximum Gasteiger partial charge on any atom is 0.229 e. The number of benzene rings is 2. The fourth-order valence-corrected chi connectivity index (χ4v) is 2.52. The molecule has 3 rings (SSSR count). The molecule has 3 aromatic rings. The van der Waals surface area contributed by atoms with E-state index in [1.165, 1.54) is 0 Å². The highest BCUT2D eigenvalue weighted by Gasteiger charge is 2.06. The summed E-state index contributed by atoms with van der Waals surface area (Å²) in [5.41, 5.74) is 2.50. The summed E-state index contributed by atoms with van der Waals surface area (Å²) in [6.07, 6.45) is 0. The largest absolute Gasteiger partial charge is 0.340 e. The zero-order valence-electron chi connectivity index (χ0n) is 12.3. The average Bonchev–Trinajstić information content (AvgIpc) is 2.50. The Hall–Kier alpha value is -2.30. The van der Waals surface area contributed by atoms with Gasteiger partial charge in [-0.15, -0.1) is 0 Å². The molecule has 0 radical (unpaired) electrons. The van der Waals surface area contributed by atoms with Gasteiger partial charge in [0.2, 0.25) is 5.95 Å². The monoisotopic (exact) mass is 344 g/mol. The maximum atomic E-state index is 6.17. The Bertz CT molecular complexity index is 822. The highest BCUT2D eigenvalue weighted by atomic mass is 35.5. The lowest BCUT2D eigenvalue weighted by molar-refractivity contribution is 1.11.